The summed E-state index contributed by atoms with van der Waals surface area (Å²) in [6, 6.07) is 10.6. The van der Waals surface area contributed by atoms with Crippen molar-refractivity contribution in [2.24, 2.45) is 17.3 Å². The zero-order valence-electron chi connectivity index (χ0n) is 15.6. The monoisotopic (exact) mass is 358 g/mol. The van der Waals surface area contributed by atoms with Gasteiger partial charge in [-0.1, -0.05) is 42.5 Å². The lowest BCUT2D eigenvalue weighted by Gasteiger charge is -2.38. The van der Waals surface area contributed by atoms with Crippen LogP contribution in [0.1, 0.15) is 37.7 Å². The molecule has 1 aromatic carbocycles. The van der Waals surface area contributed by atoms with E-state index < -0.39 is 0 Å². The number of carbonyl (C=O) groups excluding carboxylic acids is 1. The summed E-state index contributed by atoms with van der Waals surface area (Å²) >= 11 is 0. The van der Waals surface area contributed by atoms with Crippen LogP contribution in [-0.2, 0) is 20.7 Å². The van der Waals surface area contributed by atoms with Crippen molar-refractivity contribution in [2.75, 3.05) is 20.3 Å². The van der Waals surface area contributed by atoms with E-state index in [1.807, 2.05) is 0 Å². The molecule has 2 bridgehead atoms. The van der Waals surface area contributed by atoms with Gasteiger partial charge in [0, 0.05) is 24.4 Å². The summed E-state index contributed by atoms with van der Waals surface area (Å²) in [5, 5.41) is 9.91. The standard InChI is InChI=1S/C22H30O4/c1-25-21(24)12-8-3-2-7-11-19-18(15-23)20-14-22(19,16-26-20)13-17-9-5-4-6-10-17/h2,4-7,9-10,18-20,23H,3,8,11-16H2,1H3/b7-2-/t18-,19-,20-,22-/m1/s1. The van der Waals surface area contributed by atoms with E-state index in [-0.39, 0.29) is 30.0 Å². The number of unbranched alkanes of at least 4 members (excludes halogenated alkanes) is 1. The molecule has 1 N–H and O–H groups in total. The van der Waals surface area contributed by atoms with E-state index in [0.29, 0.717) is 12.3 Å². The topological polar surface area (TPSA) is 55.8 Å². The minimum atomic E-state index is -0.147. The molecule has 0 radical (unpaired) electrons. The summed E-state index contributed by atoms with van der Waals surface area (Å²) in [5.74, 6) is 0.529. The SMILES string of the molecule is COC(=O)CCC/C=C\C[C@@H]1[C@@H](CO)[C@H]2C[C@]1(Cc1ccccc1)CO2. The Morgan fingerprint density at radius 3 is 2.88 bits per heavy atom. The number of benzene rings is 1. The van der Waals surface area contributed by atoms with Crippen LogP contribution < -0.4 is 0 Å². The van der Waals surface area contributed by atoms with Crippen molar-refractivity contribution >= 4 is 5.97 Å². The van der Waals surface area contributed by atoms with E-state index in [4.69, 9.17) is 4.74 Å². The van der Waals surface area contributed by atoms with Gasteiger partial charge in [-0.2, -0.15) is 0 Å². The molecule has 1 aromatic rings. The van der Waals surface area contributed by atoms with Crippen molar-refractivity contribution in [3.05, 3.63) is 48.0 Å². The largest absolute Gasteiger partial charge is 0.469 e. The molecule has 0 aromatic heterocycles. The highest BCUT2D eigenvalue weighted by molar-refractivity contribution is 5.69. The lowest BCUT2D eigenvalue weighted by Crippen LogP contribution is -2.39. The lowest BCUT2D eigenvalue weighted by atomic mass is 9.70. The van der Waals surface area contributed by atoms with Gasteiger partial charge < -0.3 is 14.6 Å². The van der Waals surface area contributed by atoms with Crippen LogP contribution in [0.25, 0.3) is 0 Å². The fourth-order valence-electron chi connectivity index (χ4n) is 4.79. The fourth-order valence-corrected chi connectivity index (χ4v) is 4.79. The summed E-state index contributed by atoms with van der Waals surface area (Å²) in [7, 11) is 1.43. The molecule has 2 fully saturated rings. The van der Waals surface area contributed by atoms with E-state index in [9.17, 15) is 9.90 Å². The molecular formula is C22H30O4. The van der Waals surface area contributed by atoms with Crippen LogP contribution >= 0.6 is 0 Å². The number of rotatable bonds is 9. The molecule has 142 valence electrons. The Morgan fingerprint density at radius 2 is 2.15 bits per heavy atom. The number of ether oxygens (including phenoxy) is 2. The van der Waals surface area contributed by atoms with E-state index in [1.165, 1.54) is 12.7 Å². The van der Waals surface area contributed by atoms with Crippen LogP contribution in [0.5, 0.6) is 0 Å². The second kappa shape index (κ2) is 8.83. The Kier molecular flexibility index (Phi) is 6.49. The highest BCUT2D eigenvalue weighted by Crippen LogP contribution is 2.56. The Balaban J connectivity index is 1.60. The molecule has 1 saturated carbocycles. The molecular weight excluding hydrogens is 328 g/mol. The van der Waals surface area contributed by atoms with Gasteiger partial charge in [0.05, 0.1) is 19.8 Å². The molecule has 4 atom stereocenters. The van der Waals surface area contributed by atoms with Crippen molar-refractivity contribution in [3.8, 4) is 0 Å². The molecule has 2 aliphatic rings. The third kappa shape index (κ3) is 4.18. The smallest absolute Gasteiger partial charge is 0.305 e. The van der Waals surface area contributed by atoms with Gasteiger partial charge >= 0.3 is 5.97 Å². The number of fused-ring (bicyclic) bond motifs is 2. The average Bonchev–Trinajstić information content (AvgIpc) is 3.20. The third-order valence-corrected chi connectivity index (χ3v) is 6.12. The zero-order chi connectivity index (χ0) is 18.4. The van der Waals surface area contributed by atoms with Crippen LogP contribution in [0.4, 0.5) is 0 Å². The highest BCUT2D eigenvalue weighted by Gasteiger charge is 2.57. The van der Waals surface area contributed by atoms with Gasteiger partial charge in [0.2, 0.25) is 0 Å². The van der Waals surface area contributed by atoms with Gasteiger partial charge in [0.25, 0.3) is 0 Å². The molecule has 1 heterocycles. The molecule has 26 heavy (non-hydrogen) atoms. The van der Waals surface area contributed by atoms with Gasteiger partial charge in [-0.25, -0.2) is 0 Å². The number of hydrogen-bond acceptors (Lipinski definition) is 4. The van der Waals surface area contributed by atoms with Crippen LogP contribution in [0, 0.1) is 17.3 Å². The molecule has 0 amide bonds. The maximum absolute atomic E-state index is 11.1. The molecule has 1 aliphatic carbocycles. The van der Waals surface area contributed by atoms with Crippen LogP contribution in [0.2, 0.25) is 0 Å². The number of aliphatic hydroxyl groups excluding tert-OH is 1. The van der Waals surface area contributed by atoms with E-state index in [2.05, 4.69) is 47.2 Å². The first kappa shape index (κ1) is 19.1. The van der Waals surface area contributed by atoms with Crippen LogP contribution in [0.3, 0.4) is 0 Å². The Bertz CT molecular complexity index is 612. The molecule has 0 spiro atoms. The van der Waals surface area contributed by atoms with Gasteiger partial charge in [-0.15, -0.1) is 0 Å². The summed E-state index contributed by atoms with van der Waals surface area (Å²) in [6.07, 6.45) is 9.80. The zero-order valence-corrected chi connectivity index (χ0v) is 15.6. The fraction of sp³-hybridized carbons (Fsp3) is 0.591. The Labute approximate surface area is 156 Å². The molecule has 4 nitrogen and oxygen atoms in total. The normalized spacial score (nSPS) is 30.2. The van der Waals surface area contributed by atoms with Crippen molar-refractivity contribution in [1.82, 2.24) is 0 Å². The number of methoxy groups -OCH3 is 1. The first-order chi connectivity index (χ1) is 12.7. The number of esters is 1. The number of allylic oxidation sites excluding steroid dienone is 2. The quantitative estimate of drug-likeness (QED) is 0.417. The van der Waals surface area contributed by atoms with Crippen LogP contribution in [-0.4, -0.2) is 37.5 Å². The number of aliphatic hydroxyl groups is 1. The van der Waals surface area contributed by atoms with Gasteiger partial charge in [0.15, 0.2) is 0 Å². The minimum absolute atomic E-state index is 0.135. The summed E-state index contributed by atoms with van der Waals surface area (Å²) < 4.78 is 10.7. The maximum atomic E-state index is 11.1. The van der Waals surface area contributed by atoms with Gasteiger partial charge in [-0.3, -0.25) is 4.79 Å². The summed E-state index contributed by atoms with van der Waals surface area (Å²) in [5.41, 5.74) is 1.48. The average molecular weight is 358 g/mol. The second-order valence-corrected chi connectivity index (χ2v) is 7.71. The molecule has 1 saturated heterocycles. The minimum Gasteiger partial charge on any atom is -0.469 e. The first-order valence-electron chi connectivity index (χ1n) is 9.67. The van der Waals surface area contributed by atoms with E-state index in [0.717, 1.165) is 38.7 Å². The van der Waals surface area contributed by atoms with E-state index in [1.54, 1.807) is 0 Å². The maximum Gasteiger partial charge on any atom is 0.305 e. The van der Waals surface area contributed by atoms with Crippen LogP contribution in [0.15, 0.2) is 42.5 Å². The molecule has 1 aliphatic heterocycles. The second-order valence-electron chi connectivity index (χ2n) is 7.71. The summed E-state index contributed by atoms with van der Waals surface area (Å²) in [6.45, 7) is 0.992. The predicted molar refractivity (Wildman–Crippen MR) is 101 cm³/mol. The third-order valence-electron chi connectivity index (χ3n) is 6.12. The summed E-state index contributed by atoms with van der Waals surface area (Å²) in [4.78, 5) is 11.1. The predicted octanol–water partition coefficient (Wildman–Crippen LogP) is 3.53. The Hall–Kier alpha value is -1.65. The lowest BCUT2D eigenvalue weighted by molar-refractivity contribution is -0.140. The van der Waals surface area contributed by atoms with Crippen molar-refractivity contribution in [2.45, 2.75) is 44.6 Å². The van der Waals surface area contributed by atoms with Crippen molar-refractivity contribution < 1.29 is 19.4 Å². The Morgan fingerprint density at radius 1 is 1.35 bits per heavy atom. The number of carbonyl (C=O) groups is 1. The van der Waals surface area contributed by atoms with Gasteiger partial charge in [0.1, 0.15) is 0 Å². The number of hydrogen-bond donors (Lipinski definition) is 1. The molecule has 3 rings (SSSR count). The molecule has 4 heteroatoms. The van der Waals surface area contributed by atoms with Crippen molar-refractivity contribution in [1.29, 1.82) is 0 Å². The first-order valence-corrected chi connectivity index (χ1v) is 9.67. The molecule has 0 unspecified atom stereocenters. The highest BCUT2D eigenvalue weighted by atomic mass is 16.5. The van der Waals surface area contributed by atoms with E-state index >= 15 is 0 Å². The van der Waals surface area contributed by atoms with Gasteiger partial charge in [-0.05, 0) is 43.6 Å². The van der Waals surface area contributed by atoms with Crippen molar-refractivity contribution in [3.63, 3.8) is 0 Å².